The van der Waals surface area contributed by atoms with E-state index in [-0.39, 0.29) is 18.2 Å². The van der Waals surface area contributed by atoms with Crippen LogP contribution >= 0.6 is 0 Å². The van der Waals surface area contributed by atoms with Crippen molar-refractivity contribution in [1.82, 2.24) is 25.1 Å². The van der Waals surface area contributed by atoms with Crippen LogP contribution in [0.2, 0.25) is 0 Å². The zero-order chi connectivity index (χ0) is 25.0. The van der Waals surface area contributed by atoms with Crippen molar-refractivity contribution in [2.24, 2.45) is 0 Å². The molecule has 1 aromatic heterocycles. The normalized spacial score (nSPS) is 15.9. The van der Waals surface area contributed by atoms with Crippen LogP contribution in [0.5, 0.6) is 0 Å². The zero-order valence-corrected chi connectivity index (χ0v) is 20.5. The quantitative estimate of drug-likeness (QED) is 0.394. The third-order valence-corrected chi connectivity index (χ3v) is 5.96. The van der Waals surface area contributed by atoms with Gasteiger partial charge >= 0.3 is 0 Å². The molecule has 35 heavy (non-hydrogen) atoms. The van der Waals surface area contributed by atoms with Gasteiger partial charge < -0.3 is 15.0 Å². The number of amides is 1. The fraction of sp³-hybridized carbons (Fsp3) is 0.370. The molecule has 1 fully saturated rings. The average molecular weight is 480 g/mol. The smallest absolute Gasteiger partial charge is 0.224 e. The molecule has 1 aliphatic heterocycles. The van der Waals surface area contributed by atoms with Crippen molar-refractivity contribution in [2.45, 2.75) is 19.9 Å². The molecule has 0 atom stereocenters. The second kappa shape index (κ2) is 13.5. The number of nitrogens with zero attached hydrogens (tertiary/aromatic N) is 4. The van der Waals surface area contributed by atoms with Gasteiger partial charge in [-0.2, -0.15) is 0 Å². The van der Waals surface area contributed by atoms with Crippen molar-refractivity contribution in [3.63, 3.8) is 0 Å². The van der Waals surface area contributed by atoms with Crippen LogP contribution in [-0.4, -0.2) is 72.1 Å². The zero-order valence-electron chi connectivity index (χ0n) is 20.5. The summed E-state index contributed by atoms with van der Waals surface area (Å²) >= 11 is 0. The van der Waals surface area contributed by atoms with Crippen LogP contribution in [0.3, 0.4) is 0 Å². The Bertz CT molecular complexity index is 1030. The van der Waals surface area contributed by atoms with E-state index in [2.05, 4.69) is 38.7 Å². The first-order chi connectivity index (χ1) is 16.9. The summed E-state index contributed by atoms with van der Waals surface area (Å²) in [5, 5.41) is 2.84. The predicted molar refractivity (Wildman–Crippen MR) is 136 cm³/mol. The molecule has 1 N–H and O–H groups in total. The van der Waals surface area contributed by atoms with Gasteiger partial charge in [0.05, 0.1) is 18.7 Å². The molecule has 1 aliphatic rings. The van der Waals surface area contributed by atoms with Gasteiger partial charge in [-0.25, -0.2) is 14.4 Å². The molecular weight excluding hydrogens is 445 g/mol. The molecule has 7 nitrogen and oxygen atoms in total. The van der Waals surface area contributed by atoms with Crippen LogP contribution in [0.4, 0.5) is 4.39 Å². The molecule has 1 aromatic carbocycles. The van der Waals surface area contributed by atoms with E-state index < -0.39 is 0 Å². The third-order valence-electron chi connectivity index (χ3n) is 5.96. The average Bonchev–Trinajstić information content (AvgIpc) is 2.88. The molecule has 0 aliphatic carbocycles. The Balaban J connectivity index is 1.51. The van der Waals surface area contributed by atoms with Crippen molar-refractivity contribution < 1.29 is 13.9 Å². The summed E-state index contributed by atoms with van der Waals surface area (Å²) in [6.07, 6.45) is 6.22. The van der Waals surface area contributed by atoms with Crippen LogP contribution in [0.25, 0.3) is 5.57 Å². The first kappa shape index (κ1) is 26.2. The second-order valence-electron chi connectivity index (χ2n) is 8.57. The number of hydrogen-bond donors (Lipinski definition) is 1. The van der Waals surface area contributed by atoms with E-state index >= 15 is 0 Å². The van der Waals surface area contributed by atoms with Gasteiger partial charge in [0, 0.05) is 45.0 Å². The SMILES string of the molecule is C=C/C(=C\C(F)=C(/C)c1ccc(CC(=O)NCc2ccncn2)cc1)OCCN1CCN(C)CC1. The minimum atomic E-state index is -0.380. The molecule has 0 bridgehead atoms. The molecule has 0 spiro atoms. The summed E-state index contributed by atoms with van der Waals surface area (Å²) in [7, 11) is 2.12. The number of carbonyl (C=O) groups excluding carboxylic acids is 1. The largest absolute Gasteiger partial charge is 0.492 e. The lowest BCUT2D eigenvalue weighted by atomic mass is 10.0. The molecule has 0 radical (unpaired) electrons. The predicted octanol–water partition coefficient (Wildman–Crippen LogP) is 3.37. The number of rotatable bonds is 11. The van der Waals surface area contributed by atoms with E-state index in [0.29, 0.717) is 24.5 Å². The van der Waals surface area contributed by atoms with Gasteiger partial charge in [-0.3, -0.25) is 9.69 Å². The van der Waals surface area contributed by atoms with Crippen LogP contribution < -0.4 is 5.32 Å². The number of hydrogen-bond acceptors (Lipinski definition) is 6. The molecule has 0 saturated carbocycles. The van der Waals surface area contributed by atoms with E-state index in [1.54, 1.807) is 19.2 Å². The van der Waals surface area contributed by atoms with Crippen molar-refractivity contribution in [3.05, 3.63) is 90.0 Å². The number of carbonyl (C=O) groups is 1. The molecule has 186 valence electrons. The highest BCUT2D eigenvalue weighted by atomic mass is 19.1. The second-order valence-corrected chi connectivity index (χ2v) is 8.57. The highest BCUT2D eigenvalue weighted by Crippen LogP contribution is 2.22. The van der Waals surface area contributed by atoms with E-state index in [0.717, 1.165) is 49.5 Å². The van der Waals surface area contributed by atoms with Crippen LogP contribution in [-0.2, 0) is 22.5 Å². The van der Waals surface area contributed by atoms with E-state index in [4.69, 9.17) is 4.74 Å². The maximum absolute atomic E-state index is 14.9. The summed E-state index contributed by atoms with van der Waals surface area (Å²) in [4.78, 5) is 24.8. The lowest BCUT2D eigenvalue weighted by molar-refractivity contribution is -0.120. The third kappa shape index (κ3) is 8.73. The van der Waals surface area contributed by atoms with Gasteiger partial charge in [0.1, 0.15) is 24.5 Å². The van der Waals surface area contributed by atoms with E-state index in [1.165, 1.54) is 18.5 Å². The standard InChI is InChI=1S/C27H34FN5O2/c1-4-25(35-16-15-33-13-11-32(3)12-14-33)18-26(28)21(2)23-7-5-22(6-8-23)17-27(34)30-19-24-9-10-29-20-31-24/h4-10,18,20H,1,11-17,19H2,2-3H3,(H,30,34)/b25-18+,26-21-. The fourth-order valence-corrected chi connectivity index (χ4v) is 3.63. The van der Waals surface area contributed by atoms with Gasteiger partial charge in [0.15, 0.2) is 0 Å². The van der Waals surface area contributed by atoms with Crippen molar-refractivity contribution in [1.29, 1.82) is 0 Å². The maximum Gasteiger partial charge on any atom is 0.224 e. The summed E-state index contributed by atoms with van der Waals surface area (Å²) < 4.78 is 20.7. The Hall–Kier alpha value is -3.36. The maximum atomic E-state index is 14.9. The fourth-order valence-electron chi connectivity index (χ4n) is 3.63. The highest BCUT2D eigenvalue weighted by Gasteiger charge is 2.13. The molecule has 3 rings (SSSR count). The number of halogens is 1. The molecular formula is C27H34FN5O2. The Kier molecular flexibility index (Phi) is 10.1. The summed E-state index contributed by atoms with van der Waals surface area (Å²) in [6, 6.07) is 9.06. The number of nitrogens with one attached hydrogen (secondary N) is 1. The lowest BCUT2D eigenvalue weighted by Crippen LogP contribution is -2.45. The highest BCUT2D eigenvalue weighted by molar-refractivity contribution is 5.78. The lowest BCUT2D eigenvalue weighted by Gasteiger charge is -2.32. The van der Waals surface area contributed by atoms with Gasteiger partial charge in [0.25, 0.3) is 0 Å². The van der Waals surface area contributed by atoms with Gasteiger partial charge in [-0.05, 0) is 42.8 Å². The van der Waals surface area contributed by atoms with Gasteiger partial charge in [0.2, 0.25) is 5.91 Å². The molecule has 0 unspecified atom stereocenters. The van der Waals surface area contributed by atoms with Crippen molar-refractivity contribution >= 4 is 11.5 Å². The minimum Gasteiger partial charge on any atom is -0.492 e. The number of benzene rings is 1. The first-order valence-electron chi connectivity index (χ1n) is 11.8. The molecule has 2 aromatic rings. The van der Waals surface area contributed by atoms with Crippen molar-refractivity contribution in [2.75, 3.05) is 46.4 Å². The van der Waals surface area contributed by atoms with E-state index in [1.807, 2.05) is 24.3 Å². The monoisotopic (exact) mass is 479 g/mol. The van der Waals surface area contributed by atoms with Crippen LogP contribution in [0.15, 0.2) is 73.2 Å². The topological polar surface area (TPSA) is 70.6 Å². The Labute approximate surface area is 207 Å². The number of allylic oxidation sites excluding steroid dienone is 4. The van der Waals surface area contributed by atoms with E-state index in [9.17, 15) is 9.18 Å². The Morgan fingerprint density at radius 3 is 2.60 bits per heavy atom. The number of ether oxygens (including phenoxy) is 1. The van der Waals surface area contributed by atoms with Crippen LogP contribution in [0.1, 0.15) is 23.7 Å². The minimum absolute atomic E-state index is 0.109. The number of aromatic nitrogens is 2. The molecule has 8 heteroatoms. The van der Waals surface area contributed by atoms with Crippen molar-refractivity contribution in [3.8, 4) is 0 Å². The molecule has 1 amide bonds. The Morgan fingerprint density at radius 1 is 1.20 bits per heavy atom. The van der Waals surface area contributed by atoms with Crippen LogP contribution in [0, 0.1) is 0 Å². The first-order valence-corrected chi connectivity index (χ1v) is 11.8. The number of piperazine rings is 1. The molecule has 1 saturated heterocycles. The molecule has 2 heterocycles. The van der Waals surface area contributed by atoms with Gasteiger partial charge in [-0.15, -0.1) is 0 Å². The summed E-state index contributed by atoms with van der Waals surface area (Å²) in [5.74, 6) is -0.0788. The Morgan fingerprint density at radius 2 is 1.94 bits per heavy atom. The summed E-state index contributed by atoms with van der Waals surface area (Å²) in [5.41, 5.74) is 2.82. The number of likely N-dealkylation sites (N-methyl/N-ethyl adjacent to an activating group) is 1. The van der Waals surface area contributed by atoms with Gasteiger partial charge in [-0.1, -0.05) is 30.8 Å². The summed E-state index contributed by atoms with van der Waals surface area (Å²) in [6.45, 7) is 11.2.